The maximum Gasteiger partial charge on any atom is 0.186 e. The molecule has 1 heterocycles. The van der Waals surface area contributed by atoms with Crippen molar-refractivity contribution in [2.24, 2.45) is 11.8 Å². The van der Waals surface area contributed by atoms with Crippen LogP contribution in [0.1, 0.15) is 45.7 Å². The van der Waals surface area contributed by atoms with Gasteiger partial charge in [0, 0.05) is 6.04 Å². The lowest BCUT2D eigenvalue weighted by molar-refractivity contribution is 0.280. The fraction of sp³-hybridized carbons (Fsp3) is 0.714. The van der Waals surface area contributed by atoms with E-state index in [1.807, 2.05) is 6.92 Å². The number of nitrogens with zero attached hydrogens (tertiary/aromatic N) is 2. The average Bonchev–Trinajstić information content (AvgIpc) is 2.30. The van der Waals surface area contributed by atoms with Crippen molar-refractivity contribution < 1.29 is 4.39 Å². The normalized spacial score (nSPS) is 28.1. The van der Waals surface area contributed by atoms with E-state index in [9.17, 15) is 4.39 Å². The van der Waals surface area contributed by atoms with E-state index in [1.54, 1.807) is 0 Å². The SMILES string of the molecule is CCc1ncnc(NC2CC(C)CC(C)C2)c1F. The summed E-state index contributed by atoms with van der Waals surface area (Å²) in [4.78, 5) is 7.99. The van der Waals surface area contributed by atoms with E-state index in [0.717, 1.165) is 12.8 Å². The first kappa shape index (κ1) is 13.2. The van der Waals surface area contributed by atoms with Gasteiger partial charge >= 0.3 is 0 Å². The van der Waals surface area contributed by atoms with E-state index in [0.29, 0.717) is 35.8 Å². The lowest BCUT2D eigenvalue weighted by Gasteiger charge is -2.32. The molecule has 0 spiro atoms. The van der Waals surface area contributed by atoms with Gasteiger partial charge in [-0.2, -0.15) is 0 Å². The summed E-state index contributed by atoms with van der Waals surface area (Å²) in [6.07, 6.45) is 5.50. The lowest BCUT2D eigenvalue weighted by atomic mass is 9.80. The number of anilines is 1. The molecule has 1 aromatic rings. The molecule has 0 aliphatic heterocycles. The predicted octanol–water partition coefficient (Wildman–Crippen LogP) is 3.41. The third-order valence-corrected chi connectivity index (χ3v) is 3.72. The summed E-state index contributed by atoms with van der Waals surface area (Å²) in [6.45, 7) is 6.43. The molecule has 2 rings (SSSR count). The molecule has 3 nitrogen and oxygen atoms in total. The molecule has 2 unspecified atom stereocenters. The van der Waals surface area contributed by atoms with Crippen molar-refractivity contribution in [3.63, 3.8) is 0 Å². The van der Waals surface area contributed by atoms with E-state index < -0.39 is 0 Å². The largest absolute Gasteiger partial charge is 0.365 e. The smallest absolute Gasteiger partial charge is 0.186 e. The van der Waals surface area contributed by atoms with E-state index in [1.165, 1.54) is 12.7 Å². The first-order valence-corrected chi connectivity index (χ1v) is 6.86. The Morgan fingerprint density at radius 3 is 2.50 bits per heavy atom. The van der Waals surface area contributed by atoms with Crippen molar-refractivity contribution >= 4 is 5.82 Å². The number of hydrogen-bond acceptors (Lipinski definition) is 3. The monoisotopic (exact) mass is 251 g/mol. The maximum absolute atomic E-state index is 14.0. The Morgan fingerprint density at radius 2 is 1.89 bits per heavy atom. The third-order valence-electron chi connectivity index (χ3n) is 3.72. The molecule has 1 aliphatic carbocycles. The second kappa shape index (κ2) is 5.63. The minimum Gasteiger partial charge on any atom is -0.365 e. The maximum atomic E-state index is 14.0. The van der Waals surface area contributed by atoms with Crippen LogP contribution in [0.25, 0.3) is 0 Å². The fourth-order valence-electron chi connectivity index (χ4n) is 3.01. The van der Waals surface area contributed by atoms with Crippen LogP contribution in [0.3, 0.4) is 0 Å². The molecule has 100 valence electrons. The summed E-state index contributed by atoms with van der Waals surface area (Å²) < 4.78 is 14.0. The Bertz CT molecular complexity index is 398. The minimum absolute atomic E-state index is 0.286. The van der Waals surface area contributed by atoms with Gasteiger partial charge in [-0.05, 0) is 37.5 Å². The van der Waals surface area contributed by atoms with E-state index in [4.69, 9.17) is 0 Å². The van der Waals surface area contributed by atoms with Gasteiger partial charge in [-0.3, -0.25) is 0 Å². The molecule has 0 aromatic carbocycles. The van der Waals surface area contributed by atoms with Gasteiger partial charge in [0.1, 0.15) is 6.33 Å². The van der Waals surface area contributed by atoms with Crippen LogP contribution in [-0.4, -0.2) is 16.0 Å². The highest BCUT2D eigenvalue weighted by molar-refractivity contribution is 5.38. The molecule has 4 heteroatoms. The fourth-order valence-corrected chi connectivity index (χ4v) is 3.01. The molecule has 0 radical (unpaired) electrons. The van der Waals surface area contributed by atoms with Gasteiger partial charge in [0.2, 0.25) is 0 Å². The third kappa shape index (κ3) is 2.98. The summed E-state index contributed by atoms with van der Waals surface area (Å²) in [5.41, 5.74) is 0.490. The Kier molecular flexibility index (Phi) is 4.15. The number of halogens is 1. The average molecular weight is 251 g/mol. The highest BCUT2D eigenvalue weighted by atomic mass is 19.1. The zero-order valence-electron chi connectivity index (χ0n) is 11.4. The second-order valence-corrected chi connectivity index (χ2v) is 5.60. The summed E-state index contributed by atoms with van der Waals surface area (Å²) in [5.74, 6) is 1.47. The molecule has 1 aromatic heterocycles. The number of hydrogen-bond donors (Lipinski definition) is 1. The molecule has 1 fully saturated rings. The van der Waals surface area contributed by atoms with Crippen molar-refractivity contribution in [2.45, 2.75) is 52.5 Å². The molecule has 0 saturated heterocycles. The second-order valence-electron chi connectivity index (χ2n) is 5.60. The molecule has 18 heavy (non-hydrogen) atoms. The van der Waals surface area contributed by atoms with Crippen LogP contribution in [0.2, 0.25) is 0 Å². The van der Waals surface area contributed by atoms with Crippen LogP contribution in [0.4, 0.5) is 10.2 Å². The Morgan fingerprint density at radius 1 is 1.22 bits per heavy atom. The standard InChI is InChI=1S/C14H22FN3/c1-4-12-13(15)14(17-8-16-12)18-11-6-9(2)5-10(3)7-11/h8-11H,4-7H2,1-3H3,(H,16,17,18). The van der Waals surface area contributed by atoms with Crippen molar-refractivity contribution in [2.75, 3.05) is 5.32 Å². The highest BCUT2D eigenvalue weighted by Gasteiger charge is 2.25. The summed E-state index contributed by atoms with van der Waals surface area (Å²) in [7, 11) is 0. The number of nitrogens with one attached hydrogen (secondary N) is 1. The van der Waals surface area contributed by atoms with Crippen molar-refractivity contribution in [3.8, 4) is 0 Å². The zero-order valence-corrected chi connectivity index (χ0v) is 11.4. The minimum atomic E-state index is -0.286. The summed E-state index contributed by atoms with van der Waals surface area (Å²) in [5, 5.41) is 3.26. The number of aryl methyl sites for hydroxylation is 1. The van der Waals surface area contributed by atoms with Crippen LogP contribution in [-0.2, 0) is 6.42 Å². The van der Waals surface area contributed by atoms with Gasteiger partial charge in [-0.25, -0.2) is 14.4 Å². The van der Waals surface area contributed by atoms with Crippen LogP contribution in [0.5, 0.6) is 0 Å². The van der Waals surface area contributed by atoms with Gasteiger partial charge in [-0.1, -0.05) is 20.8 Å². The summed E-state index contributed by atoms with van der Waals surface area (Å²) >= 11 is 0. The zero-order chi connectivity index (χ0) is 13.1. The first-order chi connectivity index (χ1) is 8.60. The van der Waals surface area contributed by atoms with Crippen LogP contribution in [0, 0.1) is 17.7 Å². The lowest BCUT2D eigenvalue weighted by Crippen LogP contribution is -2.31. The molecular formula is C14H22FN3. The van der Waals surface area contributed by atoms with Gasteiger partial charge in [0.15, 0.2) is 11.6 Å². The van der Waals surface area contributed by atoms with Crippen molar-refractivity contribution in [1.82, 2.24) is 9.97 Å². The van der Waals surface area contributed by atoms with Crippen LogP contribution < -0.4 is 5.32 Å². The molecule has 0 bridgehead atoms. The van der Waals surface area contributed by atoms with E-state index >= 15 is 0 Å². The Labute approximate surface area is 108 Å². The molecule has 1 saturated carbocycles. The Hall–Kier alpha value is -1.19. The molecular weight excluding hydrogens is 229 g/mol. The van der Waals surface area contributed by atoms with Crippen LogP contribution in [0.15, 0.2) is 6.33 Å². The number of aromatic nitrogens is 2. The molecule has 2 atom stereocenters. The predicted molar refractivity (Wildman–Crippen MR) is 71.0 cm³/mol. The van der Waals surface area contributed by atoms with Crippen molar-refractivity contribution in [1.29, 1.82) is 0 Å². The van der Waals surface area contributed by atoms with Gasteiger partial charge in [-0.15, -0.1) is 0 Å². The molecule has 1 aliphatic rings. The molecule has 1 N–H and O–H groups in total. The van der Waals surface area contributed by atoms with Gasteiger partial charge in [0.25, 0.3) is 0 Å². The van der Waals surface area contributed by atoms with E-state index in [2.05, 4.69) is 29.1 Å². The van der Waals surface area contributed by atoms with Crippen molar-refractivity contribution in [3.05, 3.63) is 17.8 Å². The van der Waals surface area contributed by atoms with Gasteiger partial charge in [0.05, 0.1) is 5.69 Å². The van der Waals surface area contributed by atoms with Crippen LogP contribution >= 0.6 is 0 Å². The number of rotatable bonds is 3. The molecule has 0 amide bonds. The summed E-state index contributed by atoms with van der Waals surface area (Å²) in [6, 6.07) is 0.331. The highest BCUT2D eigenvalue weighted by Crippen LogP contribution is 2.30. The van der Waals surface area contributed by atoms with E-state index in [-0.39, 0.29) is 5.82 Å². The topological polar surface area (TPSA) is 37.8 Å². The van der Waals surface area contributed by atoms with Gasteiger partial charge < -0.3 is 5.32 Å². The first-order valence-electron chi connectivity index (χ1n) is 6.86. The quantitative estimate of drug-likeness (QED) is 0.894. The Balaban J connectivity index is 2.09.